The molecule has 1 unspecified atom stereocenters. The number of halogens is 2. The number of carboxylic acids is 1. The predicted octanol–water partition coefficient (Wildman–Crippen LogP) is 3.18. The van der Waals surface area contributed by atoms with E-state index in [2.05, 4.69) is 26.6 Å². The standard InChI is InChI=1S/C20H13BrClN3O4S/c21-11-7-10-13(8-12(11)22)23-17(26)15(10)16-18(27)25(20(30)24-16)14(19(28)29)6-9-4-2-1-3-5-9/h1-5,7-8,14H,6H2,(H,23,26)(H,24,30)(H,28,29)/b16-15-. The number of nitrogens with zero attached hydrogens (tertiary/aromatic N) is 1. The largest absolute Gasteiger partial charge is 0.480 e. The summed E-state index contributed by atoms with van der Waals surface area (Å²) >= 11 is 14.7. The molecule has 1 fully saturated rings. The summed E-state index contributed by atoms with van der Waals surface area (Å²) in [6, 6.07) is 10.9. The van der Waals surface area contributed by atoms with Crippen LogP contribution in [-0.4, -0.2) is 38.9 Å². The number of carbonyl (C=O) groups is 3. The Bertz CT molecular complexity index is 1150. The van der Waals surface area contributed by atoms with Gasteiger partial charge in [0, 0.05) is 16.5 Å². The first kappa shape index (κ1) is 20.5. The fraction of sp³-hybridized carbons (Fsp3) is 0.100. The minimum Gasteiger partial charge on any atom is -0.480 e. The maximum Gasteiger partial charge on any atom is 0.327 e. The fourth-order valence-electron chi connectivity index (χ4n) is 3.42. The Hall–Kier alpha value is -2.75. The third-order valence-corrected chi connectivity index (χ3v) is 6.30. The van der Waals surface area contributed by atoms with Crippen molar-refractivity contribution in [1.82, 2.24) is 10.2 Å². The van der Waals surface area contributed by atoms with E-state index >= 15 is 0 Å². The molecule has 2 amide bonds. The van der Waals surface area contributed by atoms with Crippen LogP contribution >= 0.6 is 39.7 Å². The highest BCUT2D eigenvalue weighted by Gasteiger charge is 2.43. The molecular weight excluding hydrogens is 494 g/mol. The van der Waals surface area contributed by atoms with Crippen molar-refractivity contribution < 1.29 is 19.5 Å². The van der Waals surface area contributed by atoms with E-state index in [1.807, 2.05) is 6.07 Å². The zero-order valence-corrected chi connectivity index (χ0v) is 18.3. The van der Waals surface area contributed by atoms with Crippen LogP contribution in [0.2, 0.25) is 5.02 Å². The van der Waals surface area contributed by atoms with Crippen molar-refractivity contribution in [2.75, 3.05) is 5.32 Å². The number of hydrogen-bond acceptors (Lipinski definition) is 4. The third kappa shape index (κ3) is 3.49. The Labute approximate surface area is 189 Å². The first-order chi connectivity index (χ1) is 14.3. The van der Waals surface area contributed by atoms with Gasteiger partial charge in [0.2, 0.25) is 0 Å². The van der Waals surface area contributed by atoms with Crippen LogP contribution in [0.1, 0.15) is 11.1 Å². The number of aliphatic carboxylic acids is 1. The molecule has 2 aliphatic rings. The van der Waals surface area contributed by atoms with E-state index in [9.17, 15) is 19.5 Å². The molecule has 152 valence electrons. The lowest BCUT2D eigenvalue weighted by atomic mass is 10.0. The normalized spacial score (nSPS) is 18.9. The Morgan fingerprint density at radius 1 is 1.20 bits per heavy atom. The number of carbonyl (C=O) groups excluding carboxylic acids is 2. The Kier molecular flexibility index (Phi) is 5.35. The van der Waals surface area contributed by atoms with Gasteiger partial charge in [-0.15, -0.1) is 0 Å². The molecule has 2 heterocycles. The zero-order valence-electron chi connectivity index (χ0n) is 15.1. The molecule has 2 aromatic carbocycles. The van der Waals surface area contributed by atoms with Gasteiger partial charge in [0.05, 0.1) is 16.3 Å². The van der Waals surface area contributed by atoms with Gasteiger partial charge in [0.15, 0.2) is 5.11 Å². The molecule has 1 atom stereocenters. The van der Waals surface area contributed by atoms with Crippen molar-refractivity contribution in [1.29, 1.82) is 0 Å². The van der Waals surface area contributed by atoms with Crippen molar-refractivity contribution in [2.45, 2.75) is 12.5 Å². The maximum absolute atomic E-state index is 13.2. The number of rotatable bonds is 4. The monoisotopic (exact) mass is 505 g/mol. The van der Waals surface area contributed by atoms with Crippen LogP contribution in [0.15, 0.2) is 52.6 Å². The average molecular weight is 507 g/mol. The lowest BCUT2D eigenvalue weighted by Gasteiger charge is -2.22. The van der Waals surface area contributed by atoms with Crippen LogP contribution in [0.3, 0.4) is 0 Å². The zero-order chi connectivity index (χ0) is 21.6. The highest BCUT2D eigenvalue weighted by Crippen LogP contribution is 2.40. The summed E-state index contributed by atoms with van der Waals surface area (Å²) in [5.74, 6) is -2.38. The molecular formula is C20H13BrClN3O4S. The summed E-state index contributed by atoms with van der Waals surface area (Å²) in [4.78, 5) is 38.7. The van der Waals surface area contributed by atoms with Gasteiger partial charge >= 0.3 is 5.97 Å². The molecule has 3 N–H and O–H groups in total. The van der Waals surface area contributed by atoms with Gasteiger partial charge in [-0.25, -0.2) is 4.79 Å². The van der Waals surface area contributed by atoms with E-state index in [-0.39, 0.29) is 22.8 Å². The van der Waals surface area contributed by atoms with E-state index in [0.717, 1.165) is 10.5 Å². The first-order valence-electron chi connectivity index (χ1n) is 8.74. The number of carboxylic acid groups (broad SMARTS) is 1. The lowest BCUT2D eigenvalue weighted by Crippen LogP contribution is -2.46. The van der Waals surface area contributed by atoms with E-state index in [1.165, 1.54) is 0 Å². The Morgan fingerprint density at radius 2 is 1.90 bits per heavy atom. The van der Waals surface area contributed by atoms with Crippen LogP contribution in [-0.2, 0) is 20.8 Å². The topological polar surface area (TPSA) is 98.7 Å². The van der Waals surface area contributed by atoms with Crippen LogP contribution in [0.5, 0.6) is 0 Å². The highest BCUT2D eigenvalue weighted by molar-refractivity contribution is 9.10. The number of fused-ring (bicyclic) bond motifs is 1. The van der Waals surface area contributed by atoms with Gasteiger partial charge in [-0.1, -0.05) is 41.9 Å². The van der Waals surface area contributed by atoms with Crippen molar-refractivity contribution in [2.24, 2.45) is 0 Å². The van der Waals surface area contributed by atoms with E-state index in [1.54, 1.807) is 36.4 Å². The molecule has 0 radical (unpaired) electrons. The van der Waals surface area contributed by atoms with Gasteiger partial charge in [0.1, 0.15) is 11.7 Å². The molecule has 0 spiro atoms. The molecule has 30 heavy (non-hydrogen) atoms. The van der Waals surface area contributed by atoms with Crippen molar-refractivity contribution in [3.8, 4) is 0 Å². The minimum atomic E-state index is -1.22. The summed E-state index contributed by atoms with van der Waals surface area (Å²) in [7, 11) is 0. The van der Waals surface area contributed by atoms with E-state index in [4.69, 9.17) is 23.8 Å². The molecule has 0 bridgehead atoms. The molecule has 0 aliphatic carbocycles. The predicted molar refractivity (Wildman–Crippen MR) is 119 cm³/mol. The smallest absolute Gasteiger partial charge is 0.327 e. The number of thiocarbonyl (C=S) groups is 1. The number of hydrogen-bond donors (Lipinski definition) is 3. The molecule has 10 heteroatoms. The van der Waals surface area contributed by atoms with Crippen molar-refractivity contribution >= 4 is 73.9 Å². The number of nitrogens with one attached hydrogen (secondary N) is 2. The summed E-state index contributed by atoms with van der Waals surface area (Å²) in [6.07, 6.45) is 0.0658. The molecule has 2 aromatic rings. The summed E-state index contributed by atoms with van der Waals surface area (Å²) in [5, 5.41) is 15.5. The van der Waals surface area contributed by atoms with Gasteiger partial charge in [-0.2, -0.15) is 0 Å². The highest BCUT2D eigenvalue weighted by atomic mass is 79.9. The van der Waals surface area contributed by atoms with Crippen LogP contribution in [0.4, 0.5) is 5.69 Å². The Morgan fingerprint density at radius 3 is 2.57 bits per heavy atom. The number of anilines is 1. The molecule has 1 saturated heterocycles. The first-order valence-corrected chi connectivity index (χ1v) is 10.3. The van der Waals surface area contributed by atoms with Gasteiger partial charge in [-0.3, -0.25) is 14.5 Å². The van der Waals surface area contributed by atoms with Crippen molar-refractivity contribution in [3.05, 3.63) is 68.8 Å². The Balaban J connectivity index is 1.75. The summed E-state index contributed by atoms with van der Waals surface area (Å²) < 4.78 is 0.551. The molecule has 2 aliphatic heterocycles. The van der Waals surface area contributed by atoms with Crippen LogP contribution in [0.25, 0.3) is 5.57 Å². The SMILES string of the molecule is O=C1Nc2cc(Cl)c(Br)cc2/C1=C1/NC(=S)N(C(Cc2ccccc2)C(=O)O)C1=O. The molecule has 0 aromatic heterocycles. The second-order valence-electron chi connectivity index (χ2n) is 6.67. The van der Waals surface area contributed by atoms with Gasteiger partial charge in [-0.05, 0) is 45.8 Å². The van der Waals surface area contributed by atoms with Crippen LogP contribution in [0, 0.1) is 0 Å². The van der Waals surface area contributed by atoms with Crippen LogP contribution < -0.4 is 10.6 Å². The quantitative estimate of drug-likeness (QED) is 0.435. The van der Waals surface area contributed by atoms with Gasteiger partial charge < -0.3 is 15.7 Å². The maximum atomic E-state index is 13.2. The summed E-state index contributed by atoms with van der Waals surface area (Å²) in [5.41, 5.74) is 1.68. The van der Waals surface area contributed by atoms with Gasteiger partial charge in [0.25, 0.3) is 11.8 Å². The van der Waals surface area contributed by atoms with E-state index < -0.39 is 23.8 Å². The number of benzene rings is 2. The fourth-order valence-corrected chi connectivity index (χ4v) is 4.24. The molecule has 4 rings (SSSR count). The third-order valence-electron chi connectivity index (χ3n) is 4.81. The second-order valence-corrected chi connectivity index (χ2v) is 8.31. The lowest BCUT2D eigenvalue weighted by molar-refractivity contribution is -0.145. The summed E-state index contributed by atoms with van der Waals surface area (Å²) in [6.45, 7) is 0. The average Bonchev–Trinajstić information content (AvgIpc) is 3.15. The van der Waals surface area contributed by atoms with E-state index in [0.29, 0.717) is 20.7 Å². The molecule has 0 saturated carbocycles. The molecule has 7 nitrogen and oxygen atoms in total. The number of amides is 2. The second kappa shape index (κ2) is 7.82. The minimum absolute atomic E-state index is 0.0650. The van der Waals surface area contributed by atoms with Crippen molar-refractivity contribution in [3.63, 3.8) is 0 Å².